The van der Waals surface area contributed by atoms with E-state index in [-0.39, 0.29) is 4.90 Å². The van der Waals surface area contributed by atoms with Crippen molar-refractivity contribution in [3.8, 4) is 5.75 Å². The summed E-state index contributed by atoms with van der Waals surface area (Å²) in [4.78, 5) is 2.23. The van der Waals surface area contributed by atoms with Crippen molar-refractivity contribution in [3.63, 3.8) is 0 Å². The van der Waals surface area contributed by atoms with Crippen LogP contribution in [-0.2, 0) is 10.0 Å². The topological polar surface area (TPSA) is 67.8 Å². The average molecular weight is 430 g/mol. The molecule has 0 fully saturated rings. The first kappa shape index (κ1) is 18.5. The molecule has 24 heavy (non-hydrogen) atoms. The Morgan fingerprint density at radius 3 is 2.62 bits per heavy atom. The fraction of sp³-hybridized carbons (Fsp3) is 0.0625. The molecule has 0 bridgehead atoms. The second-order valence-electron chi connectivity index (χ2n) is 4.59. The number of sulfonamides is 1. The summed E-state index contributed by atoms with van der Waals surface area (Å²) in [6.45, 7) is 3.96. The molecule has 0 unspecified atom stereocenters. The van der Waals surface area contributed by atoms with Crippen molar-refractivity contribution < 1.29 is 13.2 Å². The van der Waals surface area contributed by atoms with Gasteiger partial charge in [0.2, 0.25) is 0 Å². The molecule has 0 aliphatic rings. The van der Waals surface area contributed by atoms with Crippen molar-refractivity contribution in [1.29, 1.82) is 0 Å². The van der Waals surface area contributed by atoms with Gasteiger partial charge in [-0.25, -0.2) is 4.83 Å². The molecule has 5 nitrogen and oxygen atoms in total. The molecule has 0 spiro atoms. The lowest BCUT2D eigenvalue weighted by atomic mass is 10.2. The fourth-order valence-electron chi connectivity index (χ4n) is 1.70. The molecule has 0 atom stereocenters. The van der Waals surface area contributed by atoms with E-state index in [9.17, 15) is 8.42 Å². The maximum Gasteiger partial charge on any atom is 0.276 e. The Bertz CT molecular complexity index is 852. The molecule has 0 aliphatic heterocycles. The van der Waals surface area contributed by atoms with Gasteiger partial charge in [-0.1, -0.05) is 40.2 Å². The molecule has 0 heterocycles. The number of nitrogens with zero attached hydrogens (tertiary/aromatic N) is 1. The van der Waals surface area contributed by atoms with Crippen molar-refractivity contribution in [2.45, 2.75) is 4.90 Å². The molecule has 2 aromatic carbocycles. The van der Waals surface area contributed by atoms with Crippen LogP contribution >= 0.6 is 27.5 Å². The summed E-state index contributed by atoms with van der Waals surface area (Å²) in [5, 5.41) is 4.25. The smallest absolute Gasteiger partial charge is 0.276 e. The number of benzene rings is 2. The van der Waals surface area contributed by atoms with Crippen molar-refractivity contribution >= 4 is 43.8 Å². The van der Waals surface area contributed by atoms with Crippen LogP contribution < -0.4 is 9.57 Å². The van der Waals surface area contributed by atoms with E-state index in [1.807, 2.05) is 0 Å². The maximum absolute atomic E-state index is 12.1. The summed E-state index contributed by atoms with van der Waals surface area (Å²) in [7, 11) is -3.75. The highest BCUT2D eigenvalue weighted by Crippen LogP contribution is 2.21. The van der Waals surface area contributed by atoms with Crippen LogP contribution in [0.1, 0.15) is 5.56 Å². The molecule has 0 aliphatic carbocycles. The molecule has 0 saturated heterocycles. The molecule has 2 rings (SSSR count). The summed E-state index contributed by atoms with van der Waals surface area (Å²) in [6, 6.07) is 11.1. The Kier molecular flexibility index (Phi) is 6.42. The minimum absolute atomic E-state index is 0.0752. The number of hydrogen-bond acceptors (Lipinski definition) is 4. The Labute approximate surface area is 154 Å². The lowest BCUT2D eigenvalue weighted by Crippen LogP contribution is -2.18. The monoisotopic (exact) mass is 428 g/mol. The van der Waals surface area contributed by atoms with Gasteiger partial charge in [-0.3, -0.25) is 0 Å². The Balaban J connectivity index is 2.13. The highest BCUT2D eigenvalue weighted by molar-refractivity contribution is 9.10. The van der Waals surface area contributed by atoms with Gasteiger partial charge >= 0.3 is 0 Å². The van der Waals surface area contributed by atoms with Crippen LogP contribution in [0.15, 0.2) is 69.6 Å². The lowest BCUT2D eigenvalue weighted by Gasteiger charge is -2.06. The highest BCUT2D eigenvalue weighted by atomic mass is 79.9. The zero-order valence-electron chi connectivity index (χ0n) is 12.4. The number of ether oxygens (including phenoxy) is 1. The number of hydrazone groups is 1. The van der Waals surface area contributed by atoms with Crippen molar-refractivity contribution in [3.05, 3.63) is 70.2 Å². The van der Waals surface area contributed by atoms with Gasteiger partial charge in [-0.05, 0) is 42.5 Å². The third kappa shape index (κ3) is 5.09. The third-order valence-corrected chi connectivity index (χ3v) is 5.05. The van der Waals surface area contributed by atoms with Gasteiger partial charge in [0.05, 0.1) is 11.1 Å². The summed E-state index contributed by atoms with van der Waals surface area (Å²) in [6.07, 6.45) is 3.02. The third-order valence-electron chi connectivity index (χ3n) is 2.84. The summed E-state index contributed by atoms with van der Waals surface area (Å²) in [5.74, 6) is 0.625. The normalized spacial score (nSPS) is 11.4. The van der Waals surface area contributed by atoms with E-state index in [2.05, 4.69) is 32.4 Å². The Morgan fingerprint density at radius 2 is 1.96 bits per heavy atom. The van der Waals surface area contributed by atoms with E-state index < -0.39 is 10.0 Å². The van der Waals surface area contributed by atoms with E-state index in [4.69, 9.17) is 16.3 Å². The van der Waals surface area contributed by atoms with E-state index in [0.717, 1.165) is 4.47 Å². The molecule has 1 N–H and O–H groups in total. The van der Waals surface area contributed by atoms with Crippen molar-refractivity contribution in [2.75, 3.05) is 6.61 Å². The second-order valence-corrected chi connectivity index (χ2v) is 7.54. The van der Waals surface area contributed by atoms with Crippen molar-refractivity contribution in [1.82, 2.24) is 4.83 Å². The molecule has 8 heteroatoms. The molecule has 0 radical (unpaired) electrons. The number of nitrogens with one attached hydrogen (secondary N) is 1. The van der Waals surface area contributed by atoms with Crippen molar-refractivity contribution in [2.24, 2.45) is 5.10 Å². The zero-order chi connectivity index (χ0) is 17.6. The molecule has 2 aromatic rings. The van der Waals surface area contributed by atoms with E-state index in [0.29, 0.717) is 22.9 Å². The predicted molar refractivity (Wildman–Crippen MR) is 99.2 cm³/mol. The van der Waals surface area contributed by atoms with Gasteiger partial charge in [0, 0.05) is 15.1 Å². The Hall–Kier alpha value is -1.83. The standard InChI is InChI=1S/C16H14BrClN2O3S/c1-2-9-23-14-5-8-16(17)12(10-14)11-19-20-24(21,22)15-6-3-13(18)4-7-15/h2-8,10-11,20H,1,9H2/b19-11-. The van der Waals surface area contributed by atoms with Crippen LogP contribution in [0.2, 0.25) is 5.02 Å². The van der Waals surface area contributed by atoms with Crippen LogP contribution in [0.25, 0.3) is 0 Å². The summed E-state index contributed by atoms with van der Waals surface area (Å²) < 4.78 is 30.4. The maximum atomic E-state index is 12.1. The molecule has 0 aromatic heterocycles. The van der Waals surface area contributed by atoms with Crippen LogP contribution in [-0.4, -0.2) is 21.2 Å². The van der Waals surface area contributed by atoms with Gasteiger partial charge in [0.25, 0.3) is 10.0 Å². The molecule has 126 valence electrons. The van der Waals surface area contributed by atoms with E-state index in [1.54, 1.807) is 24.3 Å². The molecular weight excluding hydrogens is 416 g/mol. The van der Waals surface area contributed by atoms with Crippen LogP contribution in [0, 0.1) is 0 Å². The minimum atomic E-state index is -3.75. The van der Waals surface area contributed by atoms with Crippen LogP contribution in [0.5, 0.6) is 5.75 Å². The highest BCUT2D eigenvalue weighted by Gasteiger charge is 2.12. The quantitative estimate of drug-likeness (QED) is 0.411. The first-order valence-corrected chi connectivity index (χ1v) is 9.41. The summed E-state index contributed by atoms with van der Waals surface area (Å²) in [5.41, 5.74) is 0.662. The van der Waals surface area contributed by atoms with Gasteiger partial charge in [0.15, 0.2) is 0 Å². The average Bonchev–Trinajstić information content (AvgIpc) is 2.55. The van der Waals surface area contributed by atoms with Gasteiger partial charge in [-0.15, -0.1) is 0 Å². The zero-order valence-corrected chi connectivity index (χ0v) is 15.6. The molecular formula is C16H14BrClN2O3S. The summed E-state index contributed by atoms with van der Waals surface area (Å²) >= 11 is 9.12. The van der Waals surface area contributed by atoms with Gasteiger partial charge in [-0.2, -0.15) is 13.5 Å². The Morgan fingerprint density at radius 1 is 1.25 bits per heavy atom. The van der Waals surface area contributed by atoms with E-state index in [1.165, 1.54) is 30.5 Å². The fourth-order valence-corrected chi connectivity index (χ4v) is 2.96. The first-order chi connectivity index (χ1) is 11.4. The molecule has 0 amide bonds. The number of halogens is 2. The van der Waals surface area contributed by atoms with Crippen LogP contribution in [0.4, 0.5) is 0 Å². The largest absolute Gasteiger partial charge is 0.490 e. The first-order valence-electron chi connectivity index (χ1n) is 6.76. The van der Waals surface area contributed by atoms with Crippen LogP contribution in [0.3, 0.4) is 0 Å². The molecule has 0 saturated carbocycles. The lowest BCUT2D eigenvalue weighted by molar-refractivity contribution is 0.363. The number of rotatable bonds is 7. The second kappa shape index (κ2) is 8.32. The minimum Gasteiger partial charge on any atom is -0.490 e. The van der Waals surface area contributed by atoms with Gasteiger partial charge in [0.1, 0.15) is 12.4 Å². The number of hydrogen-bond donors (Lipinski definition) is 1. The SMILES string of the molecule is C=CCOc1ccc(Br)c(/C=N\NS(=O)(=O)c2ccc(Cl)cc2)c1. The van der Waals surface area contributed by atoms with Gasteiger partial charge < -0.3 is 4.74 Å². The predicted octanol–water partition coefficient (Wildman–Crippen LogP) is 3.98. The van der Waals surface area contributed by atoms with E-state index >= 15 is 0 Å².